The molecule has 0 aliphatic carbocycles. The summed E-state index contributed by atoms with van der Waals surface area (Å²) >= 11 is 0. The van der Waals surface area contributed by atoms with Gasteiger partial charge in [0.15, 0.2) is 5.82 Å². The number of carbonyl (C=O) groups is 1. The molecule has 2 heterocycles. The third-order valence-electron chi connectivity index (χ3n) is 6.70. The van der Waals surface area contributed by atoms with Crippen LogP contribution in [0.2, 0.25) is 0 Å². The molecule has 0 radical (unpaired) electrons. The molecule has 0 spiro atoms. The lowest BCUT2D eigenvalue weighted by Gasteiger charge is -2.25. The standard InChI is InChI=1S/C31H32N6O2/c1-21(23-9-5-4-6-10-23)35-28-17-32-18-29(36-28)37-20-34-25-15-22(13-14-26(25)37)16-31(2,3)19-33-30(39)24-11-7-8-12-27(24)38/h4-15,17-18,20-21,38H,16,19H2,1-3H3,(H,33,39)(H,35,36)/t21-/m0/s1. The molecule has 2 aromatic heterocycles. The highest BCUT2D eigenvalue weighted by atomic mass is 16.3. The van der Waals surface area contributed by atoms with E-state index in [2.05, 4.69) is 65.6 Å². The lowest BCUT2D eigenvalue weighted by atomic mass is 9.85. The minimum absolute atomic E-state index is 0.0226. The van der Waals surface area contributed by atoms with Gasteiger partial charge in [-0.25, -0.2) is 9.97 Å². The number of carbonyl (C=O) groups excluding carboxylic acids is 1. The van der Waals surface area contributed by atoms with E-state index in [0.717, 1.165) is 23.0 Å². The van der Waals surface area contributed by atoms with E-state index in [9.17, 15) is 9.90 Å². The van der Waals surface area contributed by atoms with Crippen LogP contribution in [0.1, 0.15) is 48.3 Å². The van der Waals surface area contributed by atoms with Crippen molar-refractivity contribution in [1.82, 2.24) is 24.8 Å². The van der Waals surface area contributed by atoms with E-state index >= 15 is 0 Å². The minimum atomic E-state index is -0.286. The SMILES string of the molecule is C[C@H](Nc1cncc(-n2cnc3cc(CC(C)(C)CNC(=O)c4ccccc4O)ccc32)n1)c1ccccc1. The first-order valence-electron chi connectivity index (χ1n) is 13.0. The summed E-state index contributed by atoms with van der Waals surface area (Å²) in [5, 5.41) is 16.3. The molecule has 0 saturated carbocycles. The maximum atomic E-state index is 12.5. The van der Waals surface area contributed by atoms with Gasteiger partial charge in [0.2, 0.25) is 0 Å². The van der Waals surface area contributed by atoms with Gasteiger partial charge in [-0.3, -0.25) is 14.3 Å². The van der Waals surface area contributed by atoms with E-state index in [1.165, 1.54) is 11.6 Å². The number of imidazole rings is 1. The molecule has 3 aromatic carbocycles. The first-order valence-corrected chi connectivity index (χ1v) is 13.0. The van der Waals surface area contributed by atoms with Gasteiger partial charge in [-0.2, -0.15) is 0 Å². The van der Waals surface area contributed by atoms with Gasteiger partial charge in [0, 0.05) is 12.6 Å². The molecule has 5 aromatic rings. The maximum absolute atomic E-state index is 12.5. The van der Waals surface area contributed by atoms with E-state index in [4.69, 9.17) is 4.98 Å². The number of hydrogen-bond donors (Lipinski definition) is 3. The smallest absolute Gasteiger partial charge is 0.255 e. The van der Waals surface area contributed by atoms with E-state index < -0.39 is 0 Å². The number of nitrogens with zero attached hydrogens (tertiary/aromatic N) is 4. The second-order valence-corrected chi connectivity index (χ2v) is 10.5. The highest BCUT2D eigenvalue weighted by Crippen LogP contribution is 2.26. The molecule has 5 rings (SSSR count). The van der Waals surface area contributed by atoms with Crippen LogP contribution < -0.4 is 10.6 Å². The van der Waals surface area contributed by atoms with Gasteiger partial charge in [0.05, 0.1) is 29.0 Å². The summed E-state index contributed by atoms with van der Waals surface area (Å²) in [7, 11) is 0. The first-order chi connectivity index (χ1) is 18.8. The van der Waals surface area contributed by atoms with Gasteiger partial charge >= 0.3 is 0 Å². The monoisotopic (exact) mass is 520 g/mol. The van der Waals surface area contributed by atoms with Crippen LogP contribution in [-0.4, -0.2) is 37.1 Å². The van der Waals surface area contributed by atoms with Crippen molar-refractivity contribution in [2.45, 2.75) is 33.2 Å². The highest BCUT2D eigenvalue weighted by Gasteiger charge is 2.21. The second kappa shape index (κ2) is 10.9. The van der Waals surface area contributed by atoms with Crippen molar-refractivity contribution in [3.63, 3.8) is 0 Å². The van der Waals surface area contributed by atoms with Crippen molar-refractivity contribution in [1.29, 1.82) is 0 Å². The van der Waals surface area contributed by atoms with Crippen molar-refractivity contribution in [3.05, 3.63) is 108 Å². The Bertz CT molecular complexity index is 1600. The summed E-state index contributed by atoms with van der Waals surface area (Å²) in [5.41, 5.74) is 4.15. The fraction of sp³-hybridized carbons (Fsp3) is 0.226. The summed E-state index contributed by atoms with van der Waals surface area (Å²) < 4.78 is 1.93. The number of phenolic OH excluding ortho intramolecular Hbond substituents is 1. The molecule has 8 nitrogen and oxygen atoms in total. The Morgan fingerprint density at radius 1 is 1.03 bits per heavy atom. The lowest BCUT2D eigenvalue weighted by molar-refractivity contribution is 0.0933. The molecule has 1 atom stereocenters. The molecule has 0 unspecified atom stereocenters. The van der Waals surface area contributed by atoms with Crippen molar-refractivity contribution >= 4 is 22.8 Å². The molecule has 0 saturated heterocycles. The molecule has 0 fully saturated rings. The minimum Gasteiger partial charge on any atom is -0.507 e. The zero-order valence-electron chi connectivity index (χ0n) is 22.3. The van der Waals surface area contributed by atoms with Crippen LogP contribution in [0.4, 0.5) is 5.82 Å². The summed E-state index contributed by atoms with van der Waals surface area (Å²) in [6.07, 6.45) is 5.96. The van der Waals surface area contributed by atoms with Gasteiger partial charge in [0.1, 0.15) is 17.9 Å². The molecular weight excluding hydrogens is 488 g/mol. The predicted octanol–water partition coefficient (Wildman–Crippen LogP) is 5.69. The third kappa shape index (κ3) is 6.06. The molecule has 0 aliphatic heterocycles. The van der Waals surface area contributed by atoms with Gasteiger partial charge in [-0.05, 0) is 54.2 Å². The van der Waals surface area contributed by atoms with Crippen LogP contribution in [0.25, 0.3) is 16.9 Å². The Labute approximate surface area is 227 Å². The van der Waals surface area contributed by atoms with E-state index in [1.807, 2.05) is 28.8 Å². The molecule has 0 bridgehead atoms. The Hall–Kier alpha value is -4.72. The number of rotatable bonds is 9. The number of para-hydroxylation sites is 1. The molecule has 39 heavy (non-hydrogen) atoms. The lowest BCUT2D eigenvalue weighted by Crippen LogP contribution is -2.35. The first kappa shape index (κ1) is 25.9. The Morgan fingerprint density at radius 3 is 2.59 bits per heavy atom. The number of fused-ring (bicyclic) bond motifs is 1. The van der Waals surface area contributed by atoms with Crippen molar-refractivity contribution < 1.29 is 9.90 Å². The van der Waals surface area contributed by atoms with Crippen LogP contribution in [0.3, 0.4) is 0 Å². The predicted molar refractivity (Wildman–Crippen MR) is 153 cm³/mol. The average Bonchev–Trinajstić information content (AvgIpc) is 3.36. The van der Waals surface area contributed by atoms with Crippen LogP contribution in [0, 0.1) is 5.41 Å². The topological polar surface area (TPSA) is 105 Å². The number of anilines is 1. The van der Waals surface area contributed by atoms with Crippen LogP contribution in [0.5, 0.6) is 5.75 Å². The third-order valence-corrected chi connectivity index (χ3v) is 6.70. The number of phenols is 1. The average molecular weight is 521 g/mol. The summed E-state index contributed by atoms with van der Waals surface area (Å²) in [5.74, 6) is 1.06. The Kier molecular flexibility index (Phi) is 7.27. The Morgan fingerprint density at radius 2 is 1.79 bits per heavy atom. The molecule has 198 valence electrons. The highest BCUT2D eigenvalue weighted by molar-refractivity contribution is 5.96. The fourth-order valence-electron chi connectivity index (χ4n) is 4.63. The van der Waals surface area contributed by atoms with Crippen LogP contribution in [0.15, 0.2) is 91.5 Å². The summed E-state index contributed by atoms with van der Waals surface area (Å²) in [4.78, 5) is 26.3. The van der Waals surface area contributed by atoms with Crippen molar-refractivity contribution in [2.75, 3.05) is 11.9 Å². The number of hydrogen-bond acceptors (Lipinski definition) is 6. The van der Waals surface area contributed by atoms with Crippen molar-refractivity contribution in [3.8, 4) is 11.6 Å². The maximum Gasteiger partial charge on any atom is 0.255 e. The van der Waals surface area contributed by atoms with Crippen LogP contribution >= 0.6 is 0 Å². The molecule has 1 amide bonds. The zero-order chi connectivity index (χ0) is 27.4. The quantitative estimate of drug-likeness (QED) is 0.231. The number of amides is 1. The normalized spacial score (nSPS) is 12.3. The van der Waals surface area contributed by atoms with Gasteiger partial charge < -0.3 is 15.7 Å². The van der Waals surface area contributed by atoms with Gasteiger partial charge in [0.25, 0.3) is 5.91 Å². The van der Waals surface area contributed by atoms with Crippen LogP contribution in [-0.2, 0) is 6.42 Å². The number of aromatic nitrogens is 4. The summed E-state index contributed by atoms with van der Waals surface area (Å²) in [6, 6.07) is 23.1. The number of aromatic hydroxyl groups is 1. The largest absolute Gasteiger partial charge is 0.507 e. The van der Waals surface area contributed by atoms with Gasteiger partial charge in [-0.1, -0.05) is 62.4 Å². The Balaban J connectivity index is 1.28. The summed E-state index contributed by atoms with van der Waals surface area (Å²) in [6.45, 7) is 6.76. The number of benzene rings is 3. The second-order valence-electron chi connectivity index (χ2n) is 10.5. The van der Waals surface area contributed by atoms with E-state index in [-0.39, 0.29) is 28.7 Å². The number of nitrogens with one attached hydrogen (secondary N) is 2. The van der Waals surface area contributed by atoms with E-state index in [1.54, 1.807) is 36.9 Å². The molecule has 8 heteroatoms. The zero-order valence-corrected chi connectivity index (χ0v) is 22.3. The van der Waals surface area contributed by atoms with Crippen molar-refractivity contribution in [2.24, 2.45) is 5.41 Å². The van der Waals surface area contributed by atoms with E-state index in [0.29, 0.717) is 18.2 Å². The molecular formula is C31H32N6O2. The molecule has 3 N–H and O–H groups in total. The van der Waals surface area contributed by atoms with Gasteiger partial charge in [-0.15, -0.1) is 0 Å². The fourth-order valence-corrected chi connectivity index (χ4v) is 4.63. The molecule has 0 aliphatic rings.